The Bertz CT molecular complexity index is 668. The van der Waals surface area contributed by atoms with Gasteiger partial charge in [0.2, 0.25) is 0 Å². The van der Waals surface area contributed by atoms with Crippen molar-refractivity contribution in [2.24, 2.45) is 10.7 Å². The Morgan fingerprint density at radius 1 is 1.38 bits per heavy atom. The first-order valence-electron chi connectivity index (χ1n) is 8.51. The highest BCUT2D eigenvalue weighted by Crippen LogP contribution is 2.26. The number of carbonyl (C=O) groups is 1. The van der Waals surface area contributed by atoms with E-state index >= 15 is 0 Å². The maximum Gasteiger partial charge on any atom is 0.410 e. The topological polar surface area (TPSA) is 77.1 Å². The van der Waals surface area contributed by atoms with E-state index in [1.807, 2.05) is 20.8 Å². The summed E-state index contributed by atoms with van der Waals surface area (Å²) in [5.41, 5.74) is 5.40. The lowest BCUT2D eigenvalue weighted by atomic mass is 10.1. The predicted octanol–water partition coefficient (Wildman–Crippen LogP) is 3.83. The summed E-state index contributed by atoms with van der Waals surface area (Å²) >= 11 is 5.56. The summed E-state index contributed by atoms with van der Waals surface area (Å²) < 4.78 is 25.3. The summed E-state index contributed by atoms with van der Waals surface area (Å²) in [6.45, 7) is 6.51. The molecular formula is C18H25ClFN3O3. The van der Waals surface area contributed by atoms with Crippen LogP contribution in [0.4, 0.5) is 14.9 Å². The largest absolute Gasteiger partial charge is 0.487 e. The number of hydrogen-bond donors (Lipinski definition) is 1. The molecule has 1 fully saturated rings. The molecule has 1 aliphatic rings. The number of rotatable bonds is 4. The molecule has 0 unspecified atom stereocenters. The Balaban J connectivity index is 1.90. The van der Waals surface area contributed by atoms with Gasteiger partial charge in [0.1, 0.15) is 17.5 Å². The van der Waals surface area contributed by atoms with Crippen LogP contribution in [-0.4, -0.2) is 47.5 Å². The third-order valence-electron chi connectivity index (χ3n) is 3.71. The Kier molecular flexibility index (Phi) is 6.69. The average Bonchev–Trinajstić information content (AvgIpc) is 2.56. The third kappa shape index (κ3) is 6.05. The van der Waals surface area contributed by atoms with Crippen LogP contribution in [0.3, 0.4) is 0 Å². The first-order chi connectivity index (χ1) is 12.2. The number of amides is 1. The molecule has 0 spiro atoms. The molecule has 1 aromatic carbocycles. The van der Waals surface area contributed by atoms with Crippen LogP contribution in [0.1, 0.15) is 33.6 Å². The number of benzene rings is 1. The van der Waals surface area contributed by atoms with Crippen molar-refractivity contribution in [3.63, 3.8) is 0 Å². The first-order valence-corrected chi connectivity index (χ1v) is 9.04. The van der Waals surface area contributed by atoms with Crippen LogP contribution in [0.5, 0.6) is 5.75 Å². The molecule has 0 atom stereocenters. The minimum atomic E-state index is -0.523. The van der Waals surface area contributed by atoms with Crippen LogP contribution in [0.25, 0.3) is 0 Å². The van der Waals surface area contributed by atoms with Crippen LogP contribution < -0.4 is 10.5 Å². The number of ether oxygens (including phenoxy) is 2. The van der Waals surface area contributed by atoms with Gasteiger partial charge in [0.15, 0.2) is 11.6 Å². The number of nitrogens with zero attached hydrogens (tertiary/aromatic N) is 2. The second kappa shape index (κ2) is 8.58. The third-order valence-corrected chi connectivity index (χ3v) is 3.99. The first kappa shape index (κ1) is 20.3. The molecule has 1 amide bonds. The molecule has 2 N–H and O–H groups in total. The zero-order chi connectivity index (χ0) is 19.3. The van der Waals surface area contributed by atoms with Crippen LogP contribution in [-0.2, 0) is 4.74 Å². The number of halogens is 2. The van der Waals surface area contributed by atoms with Crippen LogP contribution in [0.2, 0.25) is 0 Å². The molecule has 6 nitrogen and oxygen atoms in total. The predicted molar refractivity (Wildman–Crippen MR) is 99.9 cm³/mol. The van der Waals surface area contributed by atoms with E-state index in [0.29, 0.717) is 31.6 Å². The van der Waals surface area contributed by atoms with Gasteiger partial charge in [-0.15, -0.1) is 11.6 Å². The number of aliphatic imine (C=N–C) groups is 1. The van der Waals surface area contributed by atoms with Crippen molar-refractivity contribution in [2.75, 3.05) is 19.0 Å². The number of carbonyl (C=O) groups excluding carboxylic acids is 1. The highest BCUT2D eigenvalue weighted by atomic mass is 35.5. The summed E-state index contributed by atoms with van der Waals surface area (Å²) in [7, 11) is 0. The number of alkyl halides is 1. The van der Waals surface area contributed by atoms with E-state index in [1.165, 1.54) is 12.1 Å². The fourth-order valence-electron chi connectivity index (χ4n) is 2.51. The van der Waals surface area contributed by atoms with Gasteiger partial charge in [0, 0.05) is 32.0 Å². The Hall–Kier alpha value is -2.02. The molecule has 1 saturated heterocycles. The monoisotopic (exact) mass is 385 g/mol. The summed E-state index contributed by atoms with van der Waals surface area (Å²) in [5, 5.41) is 0. The molecule has 26 heavy (non-hydrogen) atoms. The van der Waals surface area contributed by atoms with Crippen molar-refractivity contribution in [3.8, 4) is 5.75 Å². The summed E-state index contributed by atoms with van der Waals surface area (Å²) in [4.78, 5) is 17.7. The molecule has 0 aromatic heterocycles. The number of hydrogen-bond acceptors (Lipinski definition) is 4. The lowest BCUT2D eigenvalue weighted by molar-refractivity contribution is 0.0123. The van der Waals surface area contributed by atoms with Gasteiger partial charge in [-0.2, -0.15) is 0 Å². The smallest absolute Gasteiger partial charge is 0.410 e. The van der Waals surface area contributed by atoms with Crippen molar-refractivity contribution in [1.82, 2.24) is 4.90 Å². The number of likely N-dealkylation sites (tertiary alicyclic amines) is 1. The summed E-state index contributed by atoms with van der Waals surface area (Å²) in [6, 6.07) is 4.40. The van der Waals surface area contributed by atoms with Gasteiger partial charge in [0.25, 0.3) is 0 Å². The molecular weight excluding hydrogens is 361 g/mol. The molecule has 0 aliphatic carbocycles. The Morgan fingerprint density at radius 3 is 2.58 bits per heavy atom. The molecule has 8 heteroatoms. The highest BCUT2D eigenvalue weighted by Gasteiger charge is 2.28. The van der Waals surface area contributed by atoms with Crippen molar-refractivity contribution >= 4 is 29.2 Å². The van der Waals surface area contributed by atoms with Gasteiger partial charge in [-0.25, -0.2) is 14.2 Å². The molecule has 0 radical (unpaired) electrons. The number of piperidine rings is 1. The van der Waals surface area contributed by atoms with Crippen molar-refractivity contribution in [3.05, 3.63) is 24.0 Å². The van der Waals surface area contributed by atoms with Gasteiger partial charge in [-0.1, -0.05) is 0 Å². The van der Waals surface area contributed by atoms with E-state index < -0.39 is 11.4 Å². The molecule has 0 saturated carbocycles. The van der Waals surface area contributed by atoms with Gasteiger partial charge >= 0.3 is 6.09 Å². The lowest BCUT2D eigenvalue weighted by Crippen LogP contribution is -2.44. The van der Waals surface area contributed by atoms with E-state index in [4.69, 9.17) is 26.8 Å². The molecule has 2 rings (SSSR count). The zero-order valence-electron chi connectivity index (χ0n) is 15.3. The summed E-state index contributed by atoms with van der Waals surface area (Å²) in [5.74, 6) is -0.0580. The van der Waals surface area contributed by atoms with Crippen molar-refractivity contribution in [1.29, 1.82) is 0 Å². The SMILES string of the molecule is CC(C)(C)OC(=O)N1CCC(Oc2ccc(N=C(N)CCl)cc2F)CC1. The fourth-order valence-corrected chi connectivity index (χ4v) is 2.57. The number of nitrogens with two attached hydrogens (primary N) is 1. The Labute approximate surface area is 158 Å². The van der Waals surface area contributed by atoms with Crippen LogP contribution in [0, 0.1) is 5.82 Å². The average molecular weight is 386 g/mol. The van der Waals surface area contributed by atoms with E-state index in [2.05, 4.69) is 4.99 Å². The standard InChI is InChI=1S/C18H25ClFN3O3/c1-18(2,3)26-17(24)23-8-6-13(7-9-23)25-15-5-4-12(10-14(15)20)22-16(21)11-19/h4-5,10,13H,6-9,11H2,1-3H3,(H2,21,22). The van der Waals surface area contributed by atoms with Crippen LogP contribution in [0.15, 0.2) is 23.2 Å². The van der Waals surface area contributed by atoms with Gasteiger partial charge in [-0.3, -0.25) is 0 Å². The van der Waals surface area contributed by atoms with Gasteiger partial charge < -0.3 is 20.1 Å². The van der Waals surface area contributed by atoms with Crippen LogP contribution >= 0.6 is 11.6 Å². The quantitative estimate of drug-likeness (QED) is 0.485. The van der Waals surface area contributed by atoms with E-state index in [1.54, 1.807) is 11.0 Å². The van der Waals surface area contributed by atoms with E-state index in [-0.39, 0.29) is 29.7 Å². The molecule has 1 aromatic rings. The van der Waals surface area contributed by atoms with Gasteiger partial charge in [-0.05, 0) is 32.9 Å². The minimum absolute atomic E-state index is 0.0795. The molecule has 1 aliphatic heterocycles. The maximum atomic E-state index is 14.2. The van der Waals surface area contributed by atoms with E-state index in [0.717, 1.165) is 0 Å². The maximum absolute atomic E-state index is 14.2. The van der Waals surface area contributed by atoms with E-state index in [9.17, 15) is 9.18 Å². The lowest BCUT2D eigenvalue weighted by Gasteiger charge is -2.33. The normalized spacial score (nSPS) is 16.5. The van der Waals surface area contributed by atoms with Crippen molar-refractivity contribution < 1.29 is 18.7 Å². The molecule has 1 heterocycles. The zero-order valence-corrected chi connectivity index (χ0v) is 16.1. The van der Waals surface area contributed by atoms with Gasteiger partial charge in [0.05, 0.1) is 11.6 Å². The van der Waals surface area contributed by atoms with Crippen molar-refractivity contribution in [2.45, 2.75) is 45.3 Å². The summed E-state index contributed by atoms with van der Waals surface area (Å²) in [6.07, 6.45) is 0.724. The number of amidine groups is 1. The second-order valence-corrected chi connectivity index (χ2v) is 7.40. The fraction of sp³-hybridized carbons (Fsp3) is 0.556. The molecule has 144 valence electrons. The Morgan fingerprint density at radius 2 is 2.04 bits per heavy atom. The highest BCUT2D eigenvalue weighted by molar-refractivity contribution is 6.28. The second-order valence-electron chi connectivity index (χ2n) is 7.14. The molecule has 0 bridgehead atoms. The minimum Gasteiger partial charge on any atom is -0.487 e.